The van der Waals surface area contributed by atoms with Gasteiger partial charge in [0.25, 0.3) is 0 Å². The number of carbonyl (C=O) groups is 1. The van der Waals surface area contributed by atoms with Gasteiger partial charge in [0, 0.05) is 12.3 Å². The zero-order valence-corrected chi connectivity index (χ0v) is 19.2. The van der Waals surface area contributed by atoms with Gasteiger partial charge >= 0.3 is 0 Å². The SMILES string of the molecule is CCC(C=CC[C@H](C)C1=CCC2C(=O)CCC[C@]12C)(CC)O[Si](C)(C)C. The zero-order chi connectivity index (χ0) is 19.6. The van der Waals surface area contributed by atoms with Crippen molar-refractivity contribution in [3.63, 3.8) is 0 Å². The van der Waals surface area contributed by atoms with E-state index in [9.17, 15) is 4.79 Å². The fourth-order valence-corrected chi connectivity index (χ4v) is 6.78. The molecule has 148 valence electrons. The fourth-order valence-electron chi connectivity index (χ4n) is 5.20. The van der Waals surface area contributed by atoms with Crippen LogP contribution in [0, 0.1) is 17.3 Å². The number of allylic oxidation sites excluding steroid dienone is 3. The molecule has 0 amide bonds. The van der Waals surface area contributed by atoms with Gasteiger partial charge in [0.1, 0.15) is 5.78 Å². The van der Waals surface area contributed by atoms with Crippen LogP contribution in [0.1, 0.15) is 72.6 Å². The Morgan fingerprint density at radius 2 is 2.00 bits per heavy atom. The molecule has 0 aromatic carbocycles. The molecule has 1 saturated carbocycles. The number of ketones is 1. The standard InChI is InChI=1S/C23H40O2Si/c1-8-23(9-2,25-26(5,6)7)17-10-12-18(3)19-14-15-20-21(24)13-11-16-22(19,20)4/h10,14,17-18,20H,8-9,11-13,15-16H2,1-7H3/t18-,20?,22+/m0/s1. The van der Waals surface area contributed by atoms with Crippen molar-refractivity contribution in [2.45, 2.75) is 97.9 Å². The molecule has 0 bridgehead atoms. The van der Waals surface area contributed by atoms with E-state index in [-0.39, 0.29) is 16.9 Å². The van der Waals surface area contributed by atoms with E-state index >= 15 is 0 Å². The monoisotopic (exact) mass is 376 g/mol. The Morgan fingerprint density at radius 3 is 2.58 bits per heavy atom. The highest BCUT2D eigenvalue weighted by Gasteiger charge is 2.47. The summed E-state index contributed by atoms with van der Waals surface area (Å²) in [5.41, 5.74) is 1.54. The van der Waals surface area contributed by atoms with Crippen LogP contribution in [0.3, 0.4) is 0 Å². The Balaban J connectivity index is 2.06. The summed E-state index contributed by atoms with van der Waals surface area (Å²) >= 11 is 0. The first kappa shape index (κ1) is 21.6. The van der Waals surface area contributed by atoms with Crippen LogP contribution in [0.2, 0.25) is 19.6 Å². The normalized spacial score (nSPS) is 28.3. The molecular formula is C23H40O2Si. The fraction of sp³-hybridized carbons (Fsp3) is 0.783. The van der Waals surface area contributed by atoms with Gasteiger partial charge in [-0.2, -0.15) is 0 Å². The van der Waals surface area contributed by atoms with Crippen molar-refractivity contribution in [1.82, 2.24) is 0 Å². The van der Waals surface area contributed by atoms with Crippen LogP contribution < -0.4 is 0 Å². The number of carbonyl (C=O) groups excluding carboxylic acids is 1. The molecule has 2 rings (SSSR count). The van der Waals surface area contributed by atoms with Gasteiger partial charge in [-0.05, 0) is 69.5 Å². The summed E-state index contributed by atoms with van der Waals surface area (Å²) < 4.78 is 6.54. The van der Waals surface area contributed by atoms with E-state index in [0.29, 0.717) is 11.7 Å². The van der Waals surface area contributed by atoms with Gasteiger partial charge in [0.15, 0.2) is 8.32 Å². The van der Waals surface area contributed by atoms with E-state index < -0.39 is 8.32 Å². The Hall–Kier alpha value is -0.673. The first-order chi connectivity index (χ1) is 12.1. The smallest absolute Gasteiger partial charge is 0.184 e. The molecular weight excluding hydrogens is 336 g/mol. The van der Waals surface area contributed by atoms with Crippen LogP contribution in [-0.2, 0) is 9.22 Å². The lowest BCUT2D eigenvalue weighted by Crippen LogP contribution is -2.40. The maximum atomic E-state index is 12.3. The van der Waals surface area contributed by atoms with Crippen LogP contribution >= 0.6 is 0 Å². The number of hydrogen-bond donors (Lipinski definition) is 0. The zero-order valence-electron chi connectivity index (χ0n) is 18.2. The van der Waals surface area contributed by atoms with E-state index in [2.05, 4.69) is 65.6 Å². The maximum absolute atomic E-state index is 12.3. The summed E-state index contributed by atoms with van der Waals surface area (Å²) in [6, 6.07) is 0. The van der Waals surface area contributed by atoms with Crippen molar-refractivity contribution >= 4 is 14.1 Å². The van der Waals surface area contributed by atoms with Crippen LogP contribution in [0.15, 0.2) is 23.8 Å². The Bertz CT molecular complexity index is 565. The third kappa shape index (κ3) is 4.59. The molecule has 0 spiro atoms. The number of rotatable bonds is 8. The molecule has 26 heavy (non-hydrogen) atoms. The van der Waals surface area contributed by atoms with Crippen molar-refractivity contribution in [1.29, 1.82) is 0 Å². The summed E-state index contributed by atoms with van der Waals surface area (Å²) in [5, 5.41) is 0. The molecule has 0 N–H and O–H groups in total. The summed E-state index contributed by atoms with van der Waals surface area (Å²) in [6.45, 7) is 16.0. The van der Waals surface area contributed by atoms with Gasteiger partial charge in [0.05, 0.1) is 5.60 Å². The summed E-state index contributed by atoms with van der Waals surface area (Å²) in [4.78, 5) is 12.3. The first-order valence-corrected chi connectivity index (χ1v) is 14.1. The predicted octanol–water partition coefficient (Wildman–Crippen LogP) is 6.68. The molecule has 0 radical (unpaired) electrons. The predicted molar refractivity (Wildman–Crippen MR) is 114 cm³/mol. The number of Topliss-reactive ketones (excluding diaryl/α,β-unsaturated/α-hetero) is 1. The Morgan fingerprint density at radius 1 is 1.35 bits per heavy atom. The lowest BCUT2D eigenvalue weighted by molar-refractivity contribution is -0.128. The lowest BCUT2D eigenvalue weighted by atomic mass is 9.63. The molecule has 3 heteroatoms. The molecule has 0 aliphatic heterocycles. The second kappa shape index (κ2) is 8.14. The van der Waals surface area contributed by atoms with Crippen molar-refractivity contribution in [2.24, 2.45) is 17.3 Å². The minimum atomic E-state index is -1.58. The molecule has 2 nitrogen and oxygen atoms in total. The second-order valence-electron chi connectivity index (χ2n) is 9.71. The van der Waals surface area contributed by atoms with E-state index in [1.54, 1.807) is 0 Å². The minimum Gasteiger partial charge on any atom is -0.409 e. The molecule has 3 atom stereocenters. The third-order valence-electron chi connectivity index (χ3n) is 6.66. The first-order valence-electron chi connectivity index (χ1n) is 10.7. The highest BCUT2D eigenvalue weighted by atomic mass is 28.4. The van der Waals surface area contributed by atoms with E-state index in [4.69, 9.17) is 4.43 Å². The second-order valence-corrected chi connectivity index (χ2v) is 14.1. The Labute approximate surface area is 162 Å². The number of fused-ring (bicyclic) bond motifs is 1. The van der Waals surface area contributed by atoms with E-state index in [0.717, 1.165) is 38.5 Å². The molecule has 1 unspecified atom stereocenters. The van der Waals surface area contributed by atoms with Crippen molar-refractivity contribution in [2.75, 3.05) is 0 Å². The molecule has 1 fully saturated rings. The molecule has 0 saturated heterocycles. The van der Waals surface area contributed by atoms with Crippen molar-refractivity contribution in [3.8, 4) is 0 Å². The van der Waals surface area contributed by atoms with E-state index in [1.807, 2.05) is 0 Å². The largest absolute Gasteiger partial charge is 0.409 e. The van der Waals surface area contributed by atoms with Crippen LogP contribution in [0.4, 0.5) is 0 Å². The molecule has 2 aliphatic carbocycles. The maximum Gasteiger partial charge on any atom is 0.184 e. The quantitative estimate of drug-likeness (QED) is 0.348. The van der Waals surface area contributed by atoms with Gasteiger partial charge in [-0.25, -0.2) is 0 Å². The average molecular weight is 377 g/mol. The van der Waals surface area contributed by atoms with Gasteiger partial charge in [-0.15, -0.1) is 0 Å². The summed E-state index contributed by atoms with van der Waals surface area (Å²) in [5.74, 6) is 1.25. The average Bonchev–Trinajstić information content (AvgIpc) is 2.91. The van der Waals surface area contributed by atoms with Gasteiger partial charge < -0.3 is 4.43 Å². The third-order valence-corrected chi connectivity index (χ3v) is 7.68. The van der Waals surface area contributed by atoms with Crippen LogP contribution in [0.25, 0.3) is 0 Å². The molecule has 0 aromatic heterocycles. The highest BCUT2D eigenvalue weighted by molar-refractivity contribution is 6.69. The van der Waals surface area contributed by atoms with Gasteiger partial charge in [-0.3, -0.25) is 4.79 Å². The number of hydrogen-bond acceptors (Lipinski definition) is 2. The molecule has 0 heterocycles. The van der Waals surface area contributed by atoms with Crippen molar-refractivity contribution in [3.05, 3.63) is 23.8 Å². The molecule has 2 aliphatic rings. The summed E-state index contributed by atoms with van der Waals surface area (Å²) in [6.07, 6.45) is 14.1. The lowest BCUT2D eigenvalue weighted by Gasteiger charge is -2.40. The van der Waals surface area contributed by atoms with Crippen LogP contribution in [0.5, 0.6) is 0 Å². The Kier molecular flexibility index (Phi) is 6.77. The van der Waals surface area contributed by atoms with E-state index in [1.165, 1.54) is 12.0 Å². The molecule has 0 aromatic rings. The van der Waals surface area contributed by atoms with Gasteiger partial charge in [-0.1, -0.05) is 51.5 Å². The van der Waals surface area contributed by atoms with Crippen LogP contribution in [-0.4, -0.2) is 19.7 Å². The van der Waals surface area contributed by atoms with Gasteiger partial charge in [0.2, 0.25) is 0 Å². The summed E-state index contributed by atoms with van der Waals surface area (Å²) in [7, 11) is -1.58. The van der Waals surface area contributed by atoms with Crippen molar-refractivity contribution < 1.29 is 9.22 Å². The minimum absolute atomic E-state index is 0.110. The highest BCUT2D eigenvalue weighted by Crippen LogP contribution is 2.53. The topological polar surface area (TPSA) is 26.3 Å².